The van der Waals surface area contributed by atoms with Crippen LogP contribution in [0.15, 0.2) is 24.3 Å². The van der Waals surface area contributed by atoms with Crippen LogP contribution in [0.5, 0.6) is 0 Å². The molecule has 1 aliphatic heterocycles. The first-order valence-corrected chi connectivity index (χ1v) is 6.35. The van der Waals surface area contributed by atoms with E-state index in [0.29, 0.717) is 11.5 Å². The molecule has 3 nitrogen and oxygen atoms in total. The number of benzene rings is 1. The van der Waals surface area contributed by atoms with E-state index in [1.165, 1.54) is 6.07 Å². The van der Waals surface area contributed by atoms with Crippen LogP contribution < -0.4 is 10.6 Å². The van der Waals surface area contributed by atoms with Crippen LogP contribution in [0.3, 0.4) is 0 Å². The number of carbonyl (C=O) groups is 1. The third-order valence-corrected chi connectivity index (χ3v) is 3.66. The van der Waals surface area contributed by atoms with Gasteiger partial charge in [0.25, 0.3) is 0 Å². The Hall–Kier alpha value is -1.42. The van der Waals surface area contributed by atoms with Crippen molar-refractivity contribution in [3.63, 3.8) is 0 Å². The molecule has 2 atom stereocenters. The second-order valence-corrected chi connectivity index (χ2v) is 4.96. The molecular weight excluding hydrogens is 231 g/mol. The molecule has 1 amide bonds. The fourth-order valence-electron chi connectivity index (χ4n) is 2.13. The molecule has 0 aliphatic carbocycles. The molecule has 0 aromatic heterocycles. The Bertz CT molecular complexity index is 432. The summed E-state index contributed by atoms with van der Waals surface area (Å²) >= 11 is 0. The predicted molar refractivity (Wildman–Crippen MR) is 68.5 cm³/mol. The van der Waals surface area contributed by atoms with Gasteiger partial charge in [-0.05, 0) is 32.0 Å². The molecule has 1 aromatic carbocycles. The highest BCUT2D eigenvalue weighted by Gasteiger charge is 2.29. The number of amides is 1. The summed E-state index contributed by atoms with van der Waals surface area (Å²) in [6.07, 6.45) is 0. The van der Waals surface area contributed by atoms with Gasteiger partial charge in [0.1, 0.15) is 5.82 Å². The Morgan fingerprint density at radius 1 is 1.39 bits per heavy atom. The molecule has 2 rings (SSSR count). The third kappa shape index (κ3) is 2.70. The Balaban J connectivity index is 1.96. The van der Waals surface area contributed by atoms with E-state index in [-0.39, 0.29) is 23.7 Å². The Labute approximate surface area is 107 Å². The minimum Gasteiger partial charge on any atom is -0.349 e. The summed E-state index contributed by atoms with van der Waals surface area (Å²) in [7, 11) is 0. The van der Waals surface area contributed by atoms with E-state index in [2.05, 4.69) is 10.6 Å². The largest absolute Gasteiger partial charge is 0.349 e. The quantitative estimate of drug-likeness (QED) is 0.856. The fourth-order valence-corrected chi connectivity index (χ4v) is 2.13. The minimum atomic E-state index is -0.297. The lowest BCUT2D eigenvalue weighted by Crippen LogP contribution is -2.49. The third-order valence-electron chi connectivity index (χ3n) is 3.66. The van der Waals surface area contributed by atoms with Crippen molar-refractivity contribution in [2.45, 2.75) is 19.9 Å². The van der Waals surface area contributed by atoms with Gasteiger partial charge in [-0.25, -0.2) is 4.39 Å². The van der Waals surface area contributed by atoms with Gasteiger partial charge in [-0.15, -0.1) is 0 Å². The van der Waals surface area contributed by atoms with Crippen LogP contribution in [0, 0.1) is 17.7 Å². The molecule has 4 heteroatoms. The molecular formula is C14H19FN2O. The molecule has 1 heterocycles. The van der Waals surface area contributed by atoms with Crippen molar-refractivity contribution < 1.29 is 9.18 Å². The van der Waals surface area contributed by atoms with Crippen LogP contribution in [-0.4, -0.2) is 19.0 Å². The van der Waals surface area contributed by atoms with Crippen molar-refractivity contribution >= 4 is 5.91 Å². The number of hydrogen-bond acceptors (Lipinski definition) is 2. The predicted octanol–water partition coefficient (Wildman–Crippen LogP) is 1.86. The number of rotatable bonds is 4. The minimum absolute atomic E-state index is 0.00254. The summed E-state index contributed by atoms with van der Waals surface area (Å²) in [4.78, 5) is 12.0. The first-order chi connectivity index (χ1) is 8.59. The first kappa shape index (κ1) is 13.0. The standard InChI is InChI=1S/C14H19FN2O/c1-9(11-7-16-8-11)14(18)17-10(2)12-5-3-4-6-13(12)15/h3-6,9-11,16H,7-8H2,1-2H3,(H,17,18). The monoisotopic (exact) mass is 250 g/mol. The van der Waals surface area contributed by atoms with Crippen LogP contribution >= 0.6 is 0 Å². The smallest absolute Gasteiger partial charge is 0.223 e. The maximum atomic E-state index is 13.6. The van der Waals surface area contributed by atoms with Gasteiger partial charge in [0.2, 0.25) is 5.91 Å². The zero-order chi connectivity index (χ0) is 13.1. The highest BCUT2D eigenvalue weighted by Crippen LogP contribution is 2.20. The number of carbonyl (C=O) groups excluding carboxylic acids is 1. The number of hydrogen-bond donors (Lipinski definition) is 2. The van der Waals surface area contributed by atoms with Crippen molar-refractivity contribution in [3.05, 3.63) is 35.6 Å². The van der Waals surface area contributed by atoms with Crippen molar-refractivity contribution in [2.24, 2.45) is 11.8 Å². The summed E-state index contributed by atoms with van der Waals surface area (Å²) in [6.45, 7) is 5.52. The normalized spacial score (nSPS) is 18.8. The highest BCUT2D eigenvalue weighted by molar-refractivity contribution is 5.79. The summed E-state index contributed by atoms with van der Waals surface area (Å²) in [5.74, 6) is 0.0961. The maximum absolute atomic E-state index is 13.6. The van der Waals surface area contributed by atoms with Crippen LogP contribution in [0.25, 0.3) is 0 Å². The van der Waals surface area contributed by atoms with Crippen molar-refractivity contribution in [2.75, 3.05) is 13.1 Å². The Morgan fingerprint density at radius 2 is 2.06 bits per heavy atom. The zero-order valence-electron chi connectivity index (χ0n) is 10.7. The molecule has 1 saturated heterocycles. The van der Waals surface area contributed by atoms with Gasteiger partial charge in [-0.2, -0.15) is 0 Å². The van der Waals surface area contributed by atoms with E-state index < -0.39 is 0 Å². The fraction of sp³-hybridized carbons (Fsp3) is 0.500. The molecule has 0 saturated carbocycles. The maximum Gasteiger partial charge on any atom is 0.223 e. The lowest BCUT2D eigenvalue weighted by atomic mass is 9.88. The van der Waals surface area contributed by atoms with E-state index in [0.717, 1.165) is 13.1 Å². The lowest BCUT2D eigenvalue weighted by molar-refractivity contribution is -0.127. The Morgan fingerprint density at radius 3 is 2.61 bits per heavy atom. The van der Waals surface area contributed by atoms with E-state index in [9.17, 15) is 9.18 Å². The molecule has 98 valence electrons. The highest BCUT2D eigenvalue weighted by atomic mass is 19.1. The number of nitrogens with one attached hydrogen (secondary N) is 2. The summed E-state index contributed by atoms with van der Waals surface area (Å²) in [5, 5.41) is 6.03. The van der Waals surface area contributed by atoms with E-state index in [4.69, 9.17) is 0 Å². The van der Waals surface area contributed by atoms with Crippen molar-refractivity contribution in [1.29, 1.82) is 0 Å². The lowest BCUT2D eigenvalue weighted by Gasteiger charge is -2.32. The molecule has 0 spiro atoms. The van der Waals surface area contributed by atoms with Gasteiger partial charge in [-0.3, -0.25) is 4.79 Å². The zero-order valence-corrected chi connectivity index (χ0v) is 10.7. The summed E-state index contributed by atoms with van der Waals surface area (Å²) < 4.78 is 13.6. The van der Waals surface area contributed by atoms with Crippen molar-refractivity contribution in [1.82, 2.24) is 10.6 Å². The average molecular weight is 250 g/mol. The van der Waals surface area contributed by atoms with E-state index in [1.54, 1.807) is 18.2 Å². The van der Waals surface area contributed by atoms with Gasteiger partial charge in [0.15, 0.2) is 0 Å². The van der Waals surface area contributed by atoms with Gasteiger partial charge in [-0.1, -0.05) is 25.1 Å². The molecule has 1 aliphatic rings. The molecule has 1 aromatic rings. The van der Waals surface area contributed by atoms with Gasteiger partial charge in [0.05, 0.1) is 6.04 Å². The van der Waals surface area contributed by atoms with Gasteiger partial charge >= 0.3 is 0 Å². The van der Waals surface area contributed by atoms with Gasteiger partial charge < -0.3 is 10.6 Å². The van der Waals surface area contributed by atoms with E-state index >= 15 is 0 Å². The molecule has 0 radical (unpaired) electrons. The molecule has 18 heavy (non-hydrogen) atoms. The Kier molecular flexibility index (Phi) is 3.97. The average Bonchev–Trinajstić information content (AvgIpc) is 2.26. The second kappa shape index (κ2) is 5.48. The van der Waals surface area contributed by atoms with Crippen LogP contribution in [-0.2, 0) is 4.79 Å². The molecule has 2 unspecified atom stereocenters. The SMILES string of the molecule is CC(NC(=O)C(C)C1CNC1)c1ccccc1F. The van der Waals surface area contributed by atoms with Gasteiger partial charge in [0, 0.05) is 11.5 Å². The molecule has 1 fully saturated rings. The van der Waals surface area contributed by atoms with E-state index in [1.807, 2.05) is 13.8 Å². The summed E-state index contributed by atoms with van der Waals surface area (Å²) in [5.41, 5.74) is 0.532. The van der Waals surface area contributed by atoms with Crippen LogP contribution in [0.1, 0.15) is 25.5 Å². The summed E-state index contributed by atoms with van der Waals surface area (Å²) in [6, 6.07) is 6.25. The molecule has 2 N–H and O–H groups in total. The second-order valence-electron chi connectivity index (χ2n) is 4.96. The first-order valence-electron chi connectivity index (χ1n) is 6.35. The van der Waals surface area contributed by atoms with Crippen molar-refractivity contribution in [3.8, 4) is 0 Å². The number of halogens is 1. The topological polar surface area (TPSA) is 41.1 Å². The van der Waals surface area contributed by atoms with Crippen LogP contribution in [0.4, 0.5) is 4.39 Å². The van der Waals surface area contributed by atoms with Crippen LogP contribution in [0.2, 0.25) is 0 Å². The molecule has 0 bridgehead atoms.